The number of amides is 6. The fourth-order valence-corrected chi connectivity index (χ4v) is 10.1. The maximum absolute atomic E-state index is 13.0. The fraction of sp³-hybridized carbons (Fsp3) is 0.459. The summed E-state index contributed by atoms with van der Waals surface area (Å²) >= 11 is 0. The number of benzene rings is 4. The van der Waals surface area contributed by atoms with Crippen LogP contribution in [0.1, 0.15) is 75.0 Å². The topological polar surface area (TPSA) is 229 Å². The molecular weight excluding hydrogens is 1060 g/mol. The van der Waals surface area contributed by atoms with Crippen molar-refractivity contribution in [3.63, 3.8) is 0 Å². The number of carbonyl (C=O) groups excluding carboxylic acids is 5. The van der Waals surface area contributed by atoms with Crippen LogP contribution >= 0.6 is 0 Å². The van der Waals surface area contributed by atoms with Gasteiger partial charge in [0.1, 0.15) is 30.9 Å². The van der Waals surface area contributed by atoms with E-state index in [1.807, 2.05) is 60.9 Å². The van der Waals surface area contributed by atoms with Gasteiger partial charge in [0.05, 0.1) is 33.0 Å². The Morgan fingerprint density at radius 1 is 0.651 bits per heavy atom. The van der Waals surface area contributed by atoms with E-state index in [-0.39, 0.29) is 103 Å². The Morgan fingerprint density at radius 3 is 1.51 bits per heavy atom. The van der Waals surface area contributed by atoms with Gasteiger partial charge in [0.25, 0.3) is 0 Å². The van der Waals surface area contributed by atoms with Crippen LogP contribution in [0.15, 0.2) is 109 Å². The summed E-state index contributed by atoms with van der Waals surface area (Å²) < 4.78 is 46.6. The number of carbonyl (C=O) groups is 5. The first-order valence-electron chi connectivity index (χ1n) is 28.1. The molecule has 3 saturated heterocycles. The van der Waals surface area contributed by atoms with E-state index in [0.717, 1.165) is 95.8 Å². The van der Waals surface area contributed by atoms with Crippen LogP contribution in [0, 0.1) is 23.5 Å². The maximum atomic E-state index is 13.0. The van der Waals surface area contributed by atoms with E-state index in [1.54, 1.807) is 34.1 Å². The third-order valence-electron chi connectivity index (χ3n) is 14.8. The van der Waals surface area contributed by atoms with Crippen LogP contribution in [0.2, 0.25) is 0 Å². The van der Waals surface area contributed by atoms with E-state index >= 15 is 0 Å². The van der Waals surface area contributed by atoms with Crippen molar-refractivity contribution in [2.45, 2.75) is 89.5 Å². The molecule has 9 rings (SSSR count). The molecule has 3 aliphatic heterocycles. The molecule has 441 valence electrons. The molecule has 22 heteroatoms. The Kier molecular flexibility index (Phi) is 29.2. The number of fused-ring (bicyclic) bond motifs is 2. The summed E-state index contributed by atoms with van der Waals surface area (Å²) in [6, 6.07) is 26.2. The van der Waals surface area contributed by atoms with Crippen molar-refractivity contribution < 1.29 is 77.1 Å². The number of urea groups is 2. The molecule has 83 heavy (non-hydrogen) atoms. The van der Waals surface area contributed by atoms with Crippen molar-refractivity contribution in [2.75, 3.05) is 79.4 Å². The van der Waals surface area contributed by atoms with Gasteiger partial charge in [-0.25, -0.2) is 23.2 Å². The Morgan fingerprint density at radius 2 is 1.08 bits per heavy atom. The predicted octanol–water partition coefficient (Wildman–Crippen LogP) is 4.42. The Balaban J connectivity index is 0.000000321. The molecular formula is C61H79BF2LiN8O10. The number of aromatic nitrogens is 2. The average Bonchev–Trinajstić information content (AvgIpc) is 4.40. The minimum absolute atomic E-state index is 0. The molecule has 0 spiro atoms. The van der Waals surface area contributed by atoms with Crippen molar-refractivity contribution in [3.05, 3.63) is 143 Å². The van der Waals surface area contributed by atoms with Crippen molar-refractivity contribution in [1.82, 2.24) is 41.0 Å². The third-order valence-corrected chi connectivity index (χ3v) is 14.8. The zero-order chi connectivity index (χ0) is 57.2. The molecule has 0 saturated carbocycles. The largest absolute Gasteiger partial charge is 1.00 e. The number of rotatable bonds is 22. The monoisotopic (exact) mass is 1140 g/mol. The maximum Gasteiger partial charge on any atom is 1.00 e. The molecule has 3 fully saturated rings. The number of halogens is 2. The number of nitrogens with one attached hydrogen (secondary N) is 6. The minimum Gasteiger partial charge on any atom is -1.00 e. The molecule has 3 aliphatic rings. The normalized spacial score (nSPS) is 15.0. The second-order valence-corrected chi connectivity index (χ2v) is 20.7. The zero-order valence-corrected chi connectivity index (χ0v) is 47.8. The SMILES string of the molecule is C1CCOC1.COC(=O)[C@H](Cc1c[nH]c2ccccc12)NC(=O)N1CCC(CCNC(=O)COCc2ccc(F)cc2)CC1.O=C(COCc1ccc(F)cc1)NCCC1CCN(C(=O)N[C@H](CO)Cc2c[nH]c3ccccc23)CC1.[B].[H-].[Li+]. The quantitative estimate of drug-likeness (QED) is 0.0374. The van der Waals surface area contributed by atoms with Crippen LogP contribution in [0.25, 0.3) is 21.8 Å². The van der Waals surface area contributed by atoms with Crippen molar-refractivity contribution in [3.8, 4) is 0 Å². The molecule has 5 heterocycles. The van der Waals surface area contributed by atoms with Gasteiger partial charge in [-0.15, -0.1) is 0 Å². The van der Waals surface area contributed by atoms with Crippen LogP contribution in [-0.2, 0) is 59.4 Å². The van der Waals surface area contributed by atoms with Crippen molar-refractivity contribution in [1.29, 1.82) is 0 Å². The van der Waals surface area contributed by atoms with Gasteiger partial charge in [0.2, 0.25) is 11.8 Å². The summed E-state index contributed by atoms with van der Waals surface area (Å²) in [5.74, 6) is -0.650. The number of hydrogen-bond donors (Lipinski definition) is 7. The van der Waals surface area contributed by atoms with E-state index in [2.05, 4.69) is 31.2 Å². The number of aromatic amines is 2. The average molecular weight is 1140 g/mol. The van der Waals surface area contributed by atoms with Crippen LogP contribution in [-0.4, -0.2) is 155 Å². The van der Waals surface area contributed by atoms with Gasteiger partial charge in [-0.05, 0) is 128 Å². The number of H-pyrrole nitrogens is 2. The number of piperidine rings is 2. The second kappa shape index (κ2) is 36.1. The number of aliphatic hydroxyl groups excluding tert-OH is 1. The molecule has 0 aliphatic carbocycles. The first-order chi connectivity index (χ1) is 39.4. The van der Waals surface area contributed by atoms with Gasteiger partial charge in [-0.2, -0.15) is 0 Å². The van der Waals surface area contributed by atoms with Crippen LogP contribution in [0.3, 0.4) is 0 Å². The number of nitrogens with zero attached hydrogens (tertiary/aromatic N) is 2. The third kappa shape index (κ3) is 22.4. The molecule has 4 aromatic carbocycles. The number of hydrogen-bond acceptors (Lipinski definition) is 10. The van der Waals surface area contributed by atoms with Gasteiger partial charge in [0.15, 0.2) is 0 Å². The number of methoxy groups -OCH3 is 1. The summed E-state index contributed by atoms with van der Waals surface area (Å²) in [5.41, 5.74) is 5.62. The molecule has 6 aromatic rings. The molecule has 2 atom stereocenters. The number of para-hydroxylation sites is 2. The first kappa shape index (κ1) is 67.1. The van der Waals surface area contributed by atoms with E-state index in [0.29, 0.717) is 63.9 Å². The number of esters is 1. The molecule has 0 unspecified atom stereocenters. The number of aliphatic hydroxyl groups is 1. The molecule has 7 N–H and O–H groups in total. The van der Waals surface area contributed by atoms with E-state index in [9.17, 15) is 37.9 Å². The number of likely N-dealkylation sites (tertiary alicyclic amines) is 2. The van der Waals surface area contributed by atoms with Gasteiger partial charge in [0, 0.05) is 102 Å². The summed E-state index contributed by atoms with van der Waals surface area (Å²) in [5, 5.41) is 23.5. The molecule has 0 bridgehead atoms. The van der Waals surface area contributed by atoms with Crippen LogP contribution < -0.4 is 40.1 Å². The first-order valence-corrected chi connectivity index (χ1v) is 28.1. The standard InChI is InChI=1S/C29H35FN4O5.C28H35FN4O4.C4H8O.B.Li.H/c1-38-28(36)26(16-22-17-32-25-5-3-2-4-24(22)25)33-29(37)34-14-11-20(12-15-34)10-13-31-27(35)19-39-18-21-6-8-23(30)9-7-21;29-23-7-5-21(6-8-23)18-37-19-27(35)30-12-9-20-10-13-33(14-11-20)28(36)32-24(17-34)15-22-16-31-26-4-2-1-3-25(22)26;1-2-4-5-3-1;;;/h2-9,17,20,26,32H,10-16,18-19H2,1H3,(H,31,35)(H,33,37);1-8,16,20,24,31,34H,9-15,17-19H2,(H,30,35)(H,32,36);1-4H2;;;/q;;;;+1;-1/t26-;24-;;;;/m00..../s1. The molecule has 6 amide bonds. The Hall–Kier alpha value is -6.73. The smallest absolute Gasteiger partial charge is 1.00 e. The minimum atomic E-state index is -0.792. The fourth-order valence-electron chi connectivity index (χ4n) is 10.1. The van der Waals surface area contributed by atoms with Crippen LogP contribution in [0.5, 0.6) is 0 Å². The van der Waals surface area contributed by atoms with Crippen molar-refractivity contribution >= 4 is 60.1 Å². The van der Waals surface area contributed by atoms with E-state index in [4.69, 9.17) is 18.9 Å². The molecule has 3 radical (unpaired) electrons. The predicted molar refractivity (Wildman–Crippen MR) is 311 cm³/mol. The van der Waals surface area contributed by atoms with E-state index < -0.39 is 12.0 Å². The van der Waals surface area contributed by atoms with Gasteiger partial charge in [-0.3, -0.25) is 9.59 Å². The van der Waals surface area contributed by atoms with Gasteiger partial charge < -0.3 is 66.5 Å². The molecule has 18 nitrogen and oxygen atoms in total. The van der Waals surface area contributed by atoms with Gasteiger partial charge in [-0.1, -0.05) is 60.7 Å². The van der Waals surface area contributed by atoms with Gasteiger partial charge >= 0.3 is 36.9 Å². The van der Waals surface area contributed by atoms with Crippen molar-refractivity contribution in [2.24, 2.45) is 11.8 Å². The number of ether oxygens (including phenoxy) is 4. The summed E-state index contributed by atoms with van der Waals surface area (Å²) in [7, 11) is 1.32. The summed E-state index contributed by atoms with van der Waals surface area (Å²) in [6.45, 7) is 5.81. The Labute approximate surface area is 500 Å². The summed E-state index contributed by atoms with van der Waals surface area (Å²) in [4.78, 5) is 72.2. The summed E-state index contributed by atoms with van der Waals surface area (Å²) in [6.07, 6.45) is 12.3. The zero-order valence-electron chi connectivity index (χ0n) is 48.8. The Bertz CT molecular complexity index is 2900. The second-order valence-electron chi connectivity index (χ2n) is 20.7. The van der Waals surface area contributed by atoms with Crippen LogP contribution in [0.4, 0.5) is 18.4 Å². The van der Waals surface area contributed by atoms with E-state index in [1.165, 1.54) is 44.2 Å². The molecule has 2 aromatic heterocycles.